The molecule has 0 atom stereocenters. The maximum Gasteiger partial charge on any atom is 0.202 e. The molecule has 1 aromatic rings. The summed E-state index contributed by atoms with van der Waals surface area (Å²) in [5, 5.41) is 3.40. The fourth-order valence-electron chi connectivity index (χ4n) is 1.99. The molecule has 0 amide bonds. The van der Waals surface area contributed by atoms with Crippen LogP contribution in [0.3, 0.4) is 0 Å². The number of hydrogen-bond donors (Lipinski definition) is 1. The van der Waals surface area contributed by atoms with Crippen LogP contribution >= 0.6 is 0 Å². The number of imidazole rings is 1. The van der Waals surface area contributed by atoms with Gasteiger partial charge in [0, 0.05) is 25.5 Å². The summed E-state index contributed by atoms with van der Waals surface area (Å²) in [6.45, 7) is 4.37. The lowest BCUT2D eigenvalue weighted by Gasteiger charge is -2.09. The van der Waals surface area contributed by atoms with E-state index in [1.165, 1.54) is 38.5 Å². The molecule has 0 spiro atoms. The highest BCUT2D eigenvalue weighted by atomic mass is 15.2. The van der Waals surface area contributed by atoms with Gasteiger partial charge in [-0.1, -0.05) is 26.2 Å². The highest BCUT2D eigenvalue weighted by molar-refractivity contribution is 5.25. The predicted octanol–water partition coefficient (Wildman–Crippen LogP) is 3.29. The van der Waals surface area contributed by atoms with Crippen molar-refractivity contribution >= 4 is 5.95 Å². The fourth-order valence-corrected chi connectivity index (χ4v) is 1.99. The van der Waals surface area contributed by atoms with Gasteiger partial charge < -0.3 is 9.88 Å². The molecule has 1 aliphatic carbocycles. The molecule has 1 fully saturated rings. The van der Waals surface area contributed by atoms with Gasteiger partial charge in [-0.15, -0.1) is 0 Å². The van der Waals surface area contributed by atoms with Gasteiger partial charge in [-0.3, -0.25) is 0 Å². The third-order valence-corrected chi connectivity index (χ3v) is 3.24. The molecule has 1 saturated carbocycles. The lowest BCUT2D eigenvalue weighted by Crippen LogP contribution is -2.08. The summed E-state index contributed by atoms with van der Waals surface area (Å²) < 4.78 is 2.25. The van der Waals surface area contributed by atoms with E-state index in [1.54, 1.807) is 0 Å². The zero-order valence-electron chi connectivity index (χ0n) is 10.3. The van der Waals surface area contributed by atoms with Crippen LogP contribution in [0.25, 0.3) is 0 Å². The molecule has 16 heavy (non-hydrogen) atoms. The van der Waals surface area contributed by atoms with Gasteiger partial charge in [-0.2, -0.15) is 0 Å². The second-order valence-electron chi connectivity index (χ2n) is 4.81. The number of unbranched alkanes of at least 4 members (excludes halogenated alkanes) is 1. The number of rotatable bonds is 8. The van der Waals surface area contributed by atoms with Gasteiger partial charge in [0.25, 0.3) is 0 Å². The topological polar surface area (TPSA) is 29.9 Å². The van der Waals surface area contributed by atoms with Gasteiger partial charge in [-0.25, -0.2) is 4.98 Å². The molecular weight excluding hydrogens is 198 g/mol. The normalized spacial score (nSPS) is 15.3. The lowest BCUT2D eigenvalue weighted by molar-refractivity contribution is 0.579. The Morgan fingerprint density at radius 2 is 2.31 bits per heavy atom. The highest BCUT2D eigenvalue weighted by Gasteiger charge is 2.20. The summed E-state index contributed by atoms with van der Waals surface area (Å²) in [7, 11) is 0. The van der Waals surface area contributed by atoms with Crippen molar-refractivity contribution in [1.82, 2.24) is 9.55 Å². The van der Waals surface area contributed by atoms with Gasteiger partial charge >= 0.3 is 0 Å². The molecular formula is C13H23N3. The van der Waals surface area contributed by atoms with E-state index < -0.39 is 0 Å². The Bertz CT molecular complexity index is 302. The summed E-state index contributed by atoms with van der Waals surface area (Å²) in [4.78, 5) is 4.35. The molecule has 1 heterocycles. The van der Waals surface area contributed by atoms with Crippen molar-refractivity contribution in [1.29, 1.82) is 0 Å². The Labute approximate surface area is 98.3 Å². The average Bonchev–Trinajstić information content (AvgIpc) is 3.00. The molecule has 1 aromatic heterocycles. The first-order chi connectivity index (χ1) is 7.90. The van der Waals surface area contributed by atoms with Crippen LogP contribution in [-0.4, -0.2) is 16.1 Å². The minimum absolute atomic E-state index is 1.04. The fraction of sp³-hybridized carbons (Fsp3) is 0.769. The van der Waals surface area contributed by atoms with Crippen LogP contribution in [0.4, 0.5) is 5.95 Å². The van der Waals surface area contributed by atoms with E-state index in [1.807, 2.05) is 6.20 Å². The van der Waals surface area contributed by atoms with Crippen LogP contribution < -0.4 is 5.32 Å². The molecule has 3 heteroatoms. The van der Waals surface area contributed by atoms with Crippen LogP contribution in [0.5, 0.6) is 0 Å². The molecule has 0 unspecified atom stereocenters. The first-order valence-corrected chi connectivity index (χ1v) is 6.65. The van der Waals surface area contributed by atoms with E-state index in [0.717, 1.165) is 25.0 Å². The van der Waals surface area contributed by atoms with Crippen LogP contribution in [-0.2, 0) is 6.54 Å². The minimum Gasteiger partial charge on any atom is -0.356 e. The molecule has 3 nitrogen and oxygen atoms in total. The number of aromatic nitrogens is 2. The first kappa shape index (κ1) is 11.5. The molecule has 2 rings (SSSR count). The van der Waals surface area contributed by atoms with E-state index in [0.29, 0.717) is 0 Å². The summed E-state index contributed by atoms with van der Waals surface area (Å²) >= 11 is 0. The second-order valence-corrected chi connectivity index (χ2v) is 4.81. The first-order valence-electron chi connectivity index (χ1n) is 6.65. The molecule has 0 aliphatic heterocycles. The largest absolute Gasteiger partial charge is 0.356 e. The van der Waals surface area contributed by atoms with Gasteiger partial charge in [0.05, 0.1) is 0 Å². The van der Waals surface area contributed by atoms with E-state index in [4.69, 9.17) is 0 Å². The van der Waals surface area contributed by atoms with Crippen LogP contribution in [0.1, 0.15) is 45.4 Å². The lowest BCUT2D eigenvalue weighted by atomic mass is 10.2. The number of hydrogen-bond acceptors (Lipinski definition) is 2. The number of anilines is 1. The van der Waals surface area contributed by atoms with E-state index >= 15 is 0 Å². The predicted molar refractivity (Wildman–Crippen MR) is 67.6 cm³/mol. The highest BCUT2D eigenvalue weighted by Crippen LogP contribution is 2.33. The Morgan fingerprint density at radius 1 is 1.44 bits per heavy atom. The summed E-state index contributed by atoms with van der Waals surface area (Å²) in [5.74, 6) is 2.09. The summed E-state index contributed by atoms with van der Waals surface area (Å²) in [6, 6.07) is 0. The number of nitrogens with zero attached hydrogens (tertiary/aromatic N) is 2. The molecule has 1 N–H and O–H groups in total. The molecule has 0 saturated heterocycles. The third-order valence-electron chi connectivity index (χ3n) is 3.24. The third kappa shape index (κ3) is 3.54. The Kier molecular flexibility index (Phi) is 4.25. The molecule has 0 bridgehead atoms. The van der Waals surface area contributed by atoms with E-state index in [2.05, 4.69) is 28.0 Å². The maximum atomic E-state index is 4.35. The zero-order chi connectivity index (χ0) is 11.2. The SMILES string of the molecule is CCCCNc1nccn1CCCC1CC1. The Balaban J connectivity index is 1.71. The van der Waals surface area contributed by atoms with Crippen LogP contribution in [0, 0.1) is 5.92 Å². The quantitative estimate of drug-likeness (QED) is 0.683. The number of aryl methyl sites for hydroxylation is 1. The van der Waals surface area contributed by atoms with E-state index in [-0.39, 0.29) is 0 Å². The van der Waals surface area contributed by atoms with E-state index in [9.17, 15) is 0 Å². The molecule has 0 aromatic carbocycles. The second kappa shape index (κ2) is 5.92. The van der Waals surface area contributed by atoms with Crippen molar-refractivity contribution < 1.29 is 0 Å². The van der Waals surface area contributed by atoms with Crippen molar-refractivity contribution in [3.05, 3.63) is 12.4 Å². The zero-order valence-corrected chi connectivity index (χ0v) is 10.3. The van der Waals surface area contributed by atoms with Gasteiger partial charge in [-0.05, 0) is 25.2 Å². The van der Waals surface area contributed by atoms with Gasteiger partial charge in [0.15, 0.2) is 0 Å². The Hall–Kier alpha value is -0.990. The standard InChI is InChI=1S/C13H23N3/c1-2-3-8-14-13-15-9-11-16(13)10-4-5-12-6-7-12/h9,11-12H,2-8,10H2,1H3,(H,14,15). The van der Waals surface area contributed by atoms with Crippen LogP contribution in [0.2, 0.25) is 0 Å². The molecule has 0 radical (unpaired) electrons. The molecule has 90 valence electrons. The Morgan fingerprint density at radius 3 is 3.06 bits per heavy atom. The average molecular weight is 221 g/mol. The minimum atomic E-state index is 1.04. The maximum absolute atomic E-state index is 4.35. The summed E-state index contributed by atoms with van der Waals surface area (Å²) in [5.41, 5.74) is 0. The van der Waals surface area contributed by atoms with Crippen molar-refractivity contribution in [3.63, 3.8) is 0 Å². The van der Waals surface area contributed by atoms with Crippen molar-refractivity contribution in [2.75, 3.05) is 11.9 Å². The summed E-state index contributed by atoms with van der Waals surface area (Å²) in [6.07, 6.45) is 12.0. The van der Waals surface area contributed by atoms with Gasteiger partial charge in [0.2, 0.25) is 5.95 Å². The monoisotopic (exact) mass is 221 g/mol. The molecule has 1 aliphatic rings. The van der Waals surface area contributed by atoms with Crippen LogP contribution in [0.15, 0.2) is 12.4 Å². The van der Waals surface area contributed by atoms with Crippen molar-refractivity contribution in [3.8, 4) is 0 Å². The van der Waals surface area contributed by atoms with Gasteiger partial charge in [0.1, 0.15) is 0 Å². The van der Waals surface area contributed by atoms with Crippen molar-refractivity contribution in [2.24, 2.45) is 5.92 Å². The number of nitrogens with one attached hydrogen (secondary N) is 1. The smallest absolute Gasteiger partial charge is 0.202 e. The van der Waals surface area contributed by atoms with Crippen molar-refractivity contribution in [2.45, 2.75) is 52.0 Å².